The van der Waals surface area contributed by atoms with Gasteiger partial charge in [-0.25, -0.2) is 0 Å². The summed E-state index contributed by atoms with van der Waals surface area (Å²) in [7, 11) is 1.77. The molecule has 0 unspecified atom stereocenters. The van der Waals surface area contributed by atoms with E-state index in [2.05, 4.69) is 15.5 Å². The molecule has 2 aromatic heterocycles. The van der Waals surface area contributed by atoms with Crippen LogP contribution in [0.2, 0.25) is 0 Å². The number of hydrogen-bond donors (Lipinski definition) is 2. The van der Waals surface area contributed by atoms with Crippen molar-refractivity contribution in [2.75, 3.05) is 6.54 Å². The quantitative estimate of drug-likeness (QED) is 0.817. The first-order valence-corrected chi connectivity index (χ1v) is 8.60. The zero-order chi connectivity index (χ0) is 18.0. The number of primary amides is 1. The lowest BCUT2D eigenvalue weighted by atomic mass is 9.85. The van der Waals surface area contributed by atoms with Crippen LogP contribution >= 0.6 is 0 Å². The molecule has 1 fully saturated rings. The summed E-state index contributed by atoms with van der Waals surface area (Å²) in [6.45, 7) is 3.01. The van der Waals surface area contributed by atoms with Crippen LogP contribution in [0.1, 0.15) is 43.0 Å². The van der Waals surface area contributed by atoms with Gasteiger partial charge in [0.05, 0.1) is 17.2 Å². The highest BCUT2D eigenvalue weighted by atomic mass is 16.2. The van der Waals surface area contributed by atoms with Crippen molar-refractivity contribution in [3.05, 3.63) is 24.2 Å². The highest BCUT2D eigenvalue weighted by Gasteiger charge is 2.40. The van der Waals surface area contributed by atoms with Crippen LogP contribution in [0.15, 0.2) is 18.6 Å². The van der Waals surface area contributed by atoms with Crippen LogP contribution in [0.3, 0.4) is 0 Å². The number of hydrogen-bond acceptors (Lipinski definition) is 4. The summed E-state index contributed by atoms with van der Waals surface area (Å²) in [6.07, 6.45) is 8.63. The van der Waals surface area contributed by atoms with Crippen LogP contribution < -0.4 is 11.1 Å². The summed E-state index contributed by atoms with van der Waals surface area (Å²) in [4.78, 5) is 24.6. The van der Waals surface area contributed by atoms with E-state index in [1.165, 1.54) is 0 Å². The van der Waals surface area contributed by atoms with Crippen LogP contribution in [-0.4, -0.2) is 37.9 Å². The molecule has 2 aromatic rings. The first kappa shape index (κ1) is 17.2. The minimum Gasteiger partial charge on any atom is -0.369 e. The molecular weight excluding hydrogens is 320 g/mol. The summed E-state index contributed by atoms with van der Waals surface area (Å²) < 4.78 is 3.39. The molecule has 0 aromatic carbocycles. The number of nitrogens with zero attached hydrogens (tertiary/aromatic N) is 4. The minimum atomic E-state index is -0.620. The van der Waals surface area contributed by atoms with E-state index in [1.54, 1.807) is 28.8 Å². The largest absolute Gasteiger partial charge is 0.369 e. The second-order valence-corrected chi connectivity index (χ2v) is 6.68. The van der Waals surface area contributed by atoms with E-state index < -0.39 is 5.41 Å². The Bertz CT molecular complexity index is 785. The van der Waals surface area contributed by atoms with Crippen molar-refractivity contribution < 1.29 is 9.59 Å². The lowest BCUT2D eigenvalue weighted by Gasteiger charge is -2.25. The van der Waals surface area contributed by atoms with Crippen molar-refractivity contribution in [3.8, 4) is 11.3 Å². The number of aryl methyl sites for hydroxylation is 2. The Kier molecular flexibility index (Phi) is 4.61. The van der Waals surface area contributed by atoms with E-state index in [0.717, 1.165) is 37.8 Å². The topological polar surface area (TPSA) is 108 Å². The van der Waals surface area contributed by atoms with Crippen LogP contribution in [0.5, 0.6) is 0 Å². The molecule has 25 heavy (non-hydrogen) atoms. The average Bonchev–Trinajstić information content (AvgIpc) is 3.31. The predicted molar refractivity (Wildman–Crippen MR) is 92.5 cm³/mol. The summed E-state index contributed by atoms with van der Waals surface area (Å²) in [5.41, 5.74) is 6.80. The van der Waals surface area contributed by atoms with Gasteiger partial charge in [0, 0.05) is 38.1 Å². The lowest BCUT2D eigenvalue weighted by molar-refractivity contribution is -0.127. The molecule has 1 aliphatic carbocycles. The Balaban J connectivity index is 1.79. The zero-order valence-electron chi connectivity index (χ0n) is 14.7. The Labute approximate surface area is 146 Å². The van der Waals surface area contributed by atoms with Gasteiger partial charge >= 0.3 is 0 Å². The first-order valence-electron chi connectivity index (χ1n) is 8.60. The molecule has 0 aliphatic heterocycles. The molecule has 1 aliphatic rings. The molecular formula is C17H24N6O2. The van der Waals surface area contributed by atoms with Crippen molar-refractivity contribution in [1.29, 1.82) is 0 Å². The van der Waals surface area contributed by atoms with Gasteiger partial charge in [-0.05, 0) is 19.8 Å². The second-order valence-electron chi connectivity index (χ2n) is 6.68. The number of aromatic nitrogens is 4. The fraction of sp³-hybridized carbons (Fsp3) is 0.529. The molecule has 3 N–H and O–H groups in total. The Morgan fingerprint density at radius 1 is 1.32 bits per heavy atom. The average molecular weight is 344 g/mol. The molecule has 134 valence electrons. The third kappa shape index (κ3) is 3.29. The number of nitrogens with one attached hydrogen (secondary N) is 1. The van der Waals surface area contributed by atoms with E-state index >= 15 is 0 Å². The number of rotatable bonds is 6. The maximum absolute atomic E-state index is 12.7. The molecule has 2 heterocycles. The highest BCUT2D eigenvalue weighted by molar-refractivity contribution is 6.00. The van der Waals surface area contributed by atoms with E-state index in [9.17, 15) is 9.59 Å². The van der Waals surface area contributed by atoms with E-state index in [-0.39, 0.29) is 18.4 Å². The highest BCUT2D eigenvalue weighted by Crippen LogP contribution is 2.37. The summed E-state index contributed by atoms with van der Waals surface area (Å²) in [5, 5.41) is 11.5. The molecule has 0 spiro atoms. The molecule has 3 rings (SSSR count). The molecule has 0 bridgehead atoms. The number of nitrogens with two attached hydrogens (primary N) is 1. The smallest absolute Gasteiger partial charge is 0.255 e. The maximum Gasteiger partial charge on any atom is 0.255 e. The van der Waals surface area contributed by atoms with Crippen molar-refractivity contribution in [2.45, 2.75) is 39.2 Å². The van der Waals surface area contributed by atoms with Gasteiger partial charge in [-0.15, -0.1) is 0 Å². The van der Waals surface area contributed by atoms with Gasteiger partial charge in [0.1, 0.15) is 5.69 Å². The van der Waals surface area contributed by atoms with Crippen molar-refractivity contribution in [3.63, 3.8) is 0 Å². The molecule has 8 heteroatoms. The van der Waals surface area contributed by atoms with Crippen LogP contribution in [0.4, 0.5) is 0 Å². The Hall–Kier alpha value is -2.64. The molecule has 1 saturated carbocycles. The van der Waals surface area contributed by atoms with E-state index in [4.69, 9.17) is 5.73 Å². The summed E-state index contributed by atoms with van der Waals surface area (Å²) >= 11 is 0. The van der Waals surface area contributed by atoms with Gasteiger partial charge in [0.25, 0.3) is 5.91 Å². The third-order valence-corrected chi connectivity index (χ3v) is 4.97. The molecule has 2 amide bonds. The summed E-state index contributed by atoms with van der Waals surface area (Å²) in [6, 6.07) is 0. The second kappa shape index (κ2) is 6.70. The van der Waals surface area contributed by atoms with Gasteiger partial charge in [0.2, 0.25) is 5.91 Å². The van der Waals surface area contributed by atoms with Crippen LogP contribution in [-0.2, 0) is 18.4 Å². The van der Waals surface area contributed by atoms with E-state index in [0.29, 0.717) is 11.3 Å². The lowest BCUT2D eigenvalue weighted by Crippen LogP contribution is -2.44. The Morgan fingerprint density at radius 2 is 2.04 bits per heavy atom. The standard InChI is InChI=1S/C17H24N6O2/c1-3-23-9-12(8-20-23)14-13(10-22(2)21-14)15(24)19-11-17(16(18)25)6-4-5-7-17/h8-10H,3-7,11H2,1-2H3,(H2,18,25)(H,19,24). The SMILES string of the molecule is CCn1cc(-c2nn(C)cc2C(=O)NCC2(C(N)=O)CCCC2)cn1. The minimum absolute atomic E-state index is 0.250. The maximum atomic E-state index is 12.7. The van der Waals surface area contributed by atoms with Crippen molar-refractivity contribution in [2.24, 2.45) is 18.2 Å². The fourth-order valence-corrected chi connectivity index (χ4v) is 3.43. The molecule has 0 atom stereocenters. The van der Waals surface area contributed by atoms with E-state index in [1.807, 2.05) is 13.1 Å². The third-order valence-electron chi connectivity index (χ3n) is 4.97. The van der Waals surface area contributed by atoms with Gasteiger partial charge in [-0.3, -0.25) is 19.0 Å². The fourth-order valence-electron chi connectivity index (χ4n) is 3.43. The monoisotopic (exact) mass is 344 g/mol. The van der Waals surface area contributed by atoms with Gasteiger partial charge in [-0.1, -0.05) is 12.8 Å². The number of amides is 2. The zero-order valence-corrected chi connectivity index (χ0v) is 14.7. The van der Waals surface area contributed by atoms with Crippen molar-refractivity contribution >= 4 is 11.8 Å². The van der Waals surface area contributed by atoms with Gasteiger partial charge in [-0.2, -0.15) is 10.2 Å². The number of carbonyl (C=O) groups is 2. The number of carbonyl (C=O) groups excluding carboxylic acids is 2. The molecule has 8 nitrogen and oxygen atoms in total. The molecule has 0 saturated heterocycles. The predicted octanol–water partition coefficient (Wildman–Crippen LogP) is 1.08. The first-order chi connectivity index (χ1) is 11.9. The normalized spacial score (nSPS) is 16.1. The van der Waals surface area contributed by atoms with Gasteiger partial charge < -0.3 is 11.1 Å². The van der Waals surface area contributed by atoms with Crippen LogP contribution in [0.25, 0.3) is 11.3 Å². The Morgan fingerprint density at radius 3 is 2.64 bits per heavy atom. The molecule has 0 radical (unpaired) electrons. The summed E-state index contributed by atoms with van der Waals surface area (Å²) in [5.74, 6) is -0.583. The van der Waals surface area contributed by atoms with Crippen LogP contribution in [0, 0.1) is 5.41 Å². The van der Waals surface area contributed by atoms with Gasteiger partial charge in [0.15, 0.2) is 0 Å². The van der Waals surface area contributed by atoms with Crippen molar-refractivity contribution in [1.82, 2.24) is 24.9 Å².